The molecule has 2 aromatic rings. The number of nitrogens with one attached hydrogen (secondary N) is 1. The number of terminal acetylenes is 1. The first-order chi connectivity index (χ1) is 13.8. The maximum Gasteiger partial charge on any atom is 0.408 e. The smallest absolute Gasteiger partial charge is 0.408 e. The standard InChI is InChI=1S/C25H29NO2Si/c1-5-25(14-18(15-25)17-29(2,3)4)26-24(27)28-16-23-21-12-8-6-10-19(21)20-11-7-9-13-22(20)23/h1,6-13,18,23H,14-17H2,2-4H3,(H,26,27). The lowest BCUT2D eigenvalue weighted by atomic mass is 9.69. The summed E-state index contributed by atoms with van der Waals surface area (Å²) in [6, 6.07) is 17.9. The molecule has 1 N–H and O–H groups in total. The summed E-state index contributed by atoms with van der Waals surface area (Å²) >= 11 is 0. The molecule has 0 spiro atoms. The van der Waals surface area contributed by atoms with Crippen molar-refractivity contribution < 1.29 is 9.53 Å². The molecule has 1 fully saturated rings. The number of hydrogen-bond donors (Lipinski definition) is 1. The van der Waals surface area contributed by atoms with Gasteiger partial charge in [-0.1, -0.05) is 80.1 Å². The first-order valence-electron chi connectivity index (χ1n) is 10.4. The van der Waals surface area contributed by atoms with Crippen LogP contribution in [0.2, 0.25) is 25.7 Å². The summed E-state index contributed by atoms with van der Waals surface area (Å²) < 4.78 is 5.67. The Labute approximate surface area is 174 Å². The van der Waals surface area contributed by atoms with Gasteiger partial charge in [-0.25, -0.2) is 4.79 Å². The average Bonchev–Trinajstić information content (AvgIpc) is 2.97. The zero-order valence-corrected chi connectivity index (χ0v) is 18.5. The fourth-order valence-electron chi connectivity index (χ4n) is 5.02. The molecule has 0 aliphatic heterocycles. The van der Waals surface area contributed by atoms with Gasteiger partial charge in [0, 0.05) is 14.0 Å². The minimum atomic E-state index is -1.12. The lowest BCUT2D eigenvalue weighted by Crippen LogP contribution is -2.57. The van der Waals surface area contributed by atoms with Gasteiger partial charge in [-0.05, 0) is 41.0 Å². The molecule has 0 radical (unpaired) electrons. The fraction of sp³-hybridized carbons (Fsp3) is 0.400. The van der Waals surface area contributed by atoms with Crippen molar-refractivity contribution in [1.29, 1.82) is 0 Å². The van der Waals surface area contributed by atoms with Gasteiger partial charge in [-0.15, -0.1) is 6.42 Å². The van der Waals surface area contributed by atoms with Crippen LogP contribution in [0.3, 0.4) is 0 Å². The molecule has 4 rings (SSSR count). The van der Waals surface area contributed by atoms with E-state index in [1.54, 1.807) is 0 Å². The van der Waals surface area contributed by atoms with Crippen molar-refractivity contribution in [2.45, 2.75) is 50.0 Å². The third kappa shape index (κ3) is 3.97. The van der Waals surface area contributed by atoms with Gasteiger partial charge in [0.15, 0.2) is 0 Å². The highest BCUT2D eigenvalue weighted by Gasteiger charge is 2.45. The van der Waals surface area contributed by atoms with Gasteiger partial charge in [0.1, 0.15) is 12.1 Å². The van der Waals surface area contributed by atoms with Gasteiger partial charge in [0.25, 0.3) is 0 Å². The quantitative estimate of drug-likeness (QED) is 0.518. The van der Waals surface area contributed by atoms with Crippen molar-refractivity contribution in [1.82, 2.24) is 5.32 Å². The number of carbonyl (C=O) groups is 1. The van der Waals surface area contributed by atoms with E-state index in [1.165, 1.54) is 28.3 Å². The molecule has 2 aromatic carbocycles. The highest BCUT2D eigenvalue weighted by Crippen LogP contribution is 2.45. The van der Waals surface area contributed by atoms with Crippen LogP contribution in [0.4, 0.5) is 4.79 Å². The van der Waals surface area contributed by atoms with Crippen LogP contribution in [0, 0.1) is 18.3 Å². The molecule has 29 heavy (non-hydrogen) atoms. The van der Waals surface area contributed by atoms with E-state index < -0.39 is 19.7 Å². The van der Waals surface area contributed by atoms with Gasteiger partial charge in [0.2, 0.25) is 0 Å². The number of hydrogen-bond acceptors (Lipinski definition) is 2. The minimum absolute atomic E-state index is 0.0657. The molecule has 1 saturated carbocycles. The predicted molar refractivity (Wildman–Crippen MR) is 121 cm³/mol. The minimum Gasteiger partial charge on any atom is -0.449 e. The third-order valence-electron chi connectivity index (χ3n) is 6.14. The van der Waals surface area contributed by atoms with E-state index in [2.05, 4.69) is 67.3 Å². The van der Waals surface area contributed by atoms with E-state index in [1.807, 2.05) is 12.1 Å². The van der Waals surface area contributed by atoms with Crippen molar-refractivity contribution in [3.63, 3.8) is 0 Å². The normalized spacial score (nSPS) is 22.8. The SMILES string of the molecule is C#CC1(NC(=O)OCC2c3ccccc3-c3ccccc32)CC(C[Si](C)(C)C)C1. The summed E-state index contributed by atoms with van der Waals surface area (Å²) in [6.45, 7) is 7.45. The van der Waals surface area contributed by atoms with Crippen LogP contribution < -0.4 is 5.32 Å². The van der Waals surface area contributed by atoms with E-state index >= 15 is 0 Å². The highest BCUT2D eigenvalue weighted by atomic mass is 28.3. The van der Waals surface area contributed by atoms with E-state index in [0.29, 0.717) is 12.5 Å². The Bertz CT molecular complexity index is 918. The van der Waals surface area contributed by atoms with Crippen molar-refractivity contribution >= 4 is 14.2 Å². The lowest BCUT2D eigenvalue weighted by molar-refractivity contribution is 0.110. The monoisotopic (exact) mass is 403 g/mol. The van der Waals surface area contributed by atoms with Crippen LogP contribution in [-0.2, 0) is 4.74 Å². The van der Waals surface area contributed by atoms with Gasteiger partial charge in [-0.2, -0.15) is 0 Å². The van der Waals surface area contributed by atoms with Crippen molar-refractivity contribution in [2.24, 2.45) is 5.92 Å². The van der Waals surface area contributed by atoms with Crippen LogP contribution in [0.1, 0.15) is 29.9 Å². The van der Waals surface area contributed by atoms with Crippen molar-refractivity contribution in [3.8, 4) is 23.5 Å². The zero-order valence-electron chi connectivity index (χ0n) is 17.5. The van der Waals surface area contributed by atoms with E-state index in [-0.39, 0.29) is 5.92 Å². The third-order valence-corrected chi connectivity index (χ3v) is 7.94. The summed E-state index contributed by atoms with van der Waals surface area (Å²) in [6.07, 6.45) is 7.09. The molecule has 0 unspecified atom stereocenters. The first-order valence-corrected chi connectivity index (χ1v) is 14.1. The average molecular weight is 404 g/mol. The first kappa shape index (κ1) is 19.8. The Balaban J connectivity index is 1.39. The summed E-state index contributed by atoms with van der Waals surface area (Å²) in [5, 5.41) is 2.99. The number of benzene rings is 2. The maximum absolute atomic E-state index is 12.6. The van der Waals surface area contributed by atoms with Gasteiger partial charge >= 0.3 is 6.09 Å². The lowest BCUT2D eigenvalue weighted by Gasteiger charge is -2.46. The van der Waals surface area contributed by atoms with Crippen LogP contribution in [-0.4, -0.2) is 26.3 Å². The Morgan fingerprint density at radius 1 is 1.10 bits per heavy atom. The summed E-state index contributed by atoms with van der Waals surface area (Å²) in [5.74, 6) is 3.51. The second-order valence-electron chi connectivity index (χ2n) is 9.72. The number of ether oxygens (including phenoxy) is 1. The van der Waals surface area contributed by atoms with E-state index in [9.17, 15) is 4.79 Å². The number of amides is 1. The molecule has 0 aromatic heterocycles. The Kier molecular flexibility index (Phi) is 5.04. The Morgan fingerprint density at radius 2 is 1.66 bits per heavy atom. The van der Waals surface area contributed by atoms with Crippen molar-refractivity contribution in [2.75, 3.05) is 6.61 Å². The number of fused-ring (bicyclic) bond motifs is 3. The molecule has 2 aliphatic carbocycles. The second kappa shape index (κ2) is 7.39. The fourth-order valence-corrected chi connectivity index (χ4v) is 7.04. The molecule has 3 nitrogen and oxygen atoms in total. The molecular weight excluding hydrogens is 374 g/mol. The molecule has 150 valence electrons. The molecule has 0 bridgehead atoms. The maximum atomic E-state index is 12.6. The van der Waals surface area contributed by atoms with Crippen LogP contribution in [0.15, 0.2) is 48.5 Å². The Morgan fingerprint density at radius 3 is 2.17 bits per heavy atom. The predicted octanol–water partition coefficient (Wildman–Crippen LogP) is 5.65. The number of rotatable bonds is 5. The summed E-state index contributed by atoms with van der Waals surface area (Å²) in [4.78, 5) is 12.6. The van der Waals surface area contributed by atoms with Gasteiger partial charge in [0.05, 0.1) is 0 Å². The molecule has 4 heteroatoms. The van der Waals surface area contributed by atoms with Gasteiger partial charge < -0.3 is 10.1 Å². The second-order valence-corrected chi connectivity index (χ2v) is 15.2. The van der Waals surface area contributed by atoms with Crippen LogP contribution >= 0.6 is 0 Å². The van der Waals surface area contributed by atoms with Crippen molar-refractivity contribution in [3.05, 3.63) is 59.7 Å². The molecular formula is C25H29NO2Si. The number of carbonyl (C=O) groups excluding carboxylic acids is 1. The Hall–Kier alpha value is -2.51. The van der Waals surface area contributed by atoms with E-state index in [0.717, 1.165) is 12.8 Å². The molecule has 1 amide bonds. The molecule has 0 heterocycles. The molecule has 2 aliphatic rings. The summed E-state index contributed by atoms with van der Waals surface area (Å²) in [7, 11) is -1.12. The topological polar surface area (TPSA) is 38.3 Å². The molecule has 0 saturated heterocycles. The largest absolute Gasteiger partial charge is 0.449 e. The van der Waals surface area contributed by atoms with E-state index in [4.69, 9.17) is 11.2 Å². The van der Waals surface area contributed by atoms with Crippen LogP contribution in [0.5, 0.6) is 0 Å². The van der Waals surface area contributed by atoms with Gasteiger partial charge in [-0.3, -0.25) is 0 Å². The van der Waals surface area contributed by atoms with Crippen LogP contribution in [0.25, 0.3) is 11.1 Å². The zero-order chi connectivity index (χ0) is 20.6. The molecule has 0 atom stereocenters. The highest BCUT2D eigenvalue weighted by molar-refractivity contribution is 6.76. The summed E-state index contributed by atoms with van der Waals surface area (Å²) in [5.41, 5.74) is 4.35. The number of alkyl carbamates (subject to hydrolysis) is 1.